The summed E-state index contributed by atoms with van der Waals surface area (Å²) in [6, 6.07) is 8.67. The fraction of sp³-hybridized carbons (Fsp3) is 0.261. The summed E-state index contributed by atoms with van der Waals surface area (Å²) in [6.45, 7) is 5.24. The van der Waals surface area contributed by atoms with E-state index in [9.17, 15) is 18.0 Å². The highest BCUT2D eigenvalue weighted by atomic mass is 79.9. The molecule has 0 amide bonds. The molecule has 0 radical (unpaired) electrons. The predicted molar refractivity (Wildman–Crippen MR) is 118 cm³/mol. The molecule has 9 heteroatoms. The van der Waals surface area contributed by atoms with Crippen molar-refractivity contribution in [1.29, 1.82) is 0 Å². The number of halogens is 4. The van der Waals surface area contributed by atoms with Gasteiger partial charge in [-0.2, -0.15) is 0 Å². The minimum atomic E-state index is -1.03. The molecular weight excluding hydrogens is 487 g/mol. The number of esters is 1. The molecule has 0 spiro atoms. The van der Waals surface area contributed by atoms with Crippen LogP contribution in [0.5, 0.6) is 0 Å². The van der Waals surface area contributed by atoms with Gasteiger partial charge in [0, 0.05) is 12.0 Å². The van der Waals surface area contributed by atoms with E-state index in [1.807, 2.05) is 0 Å². The van der Waals surface area contributed by atoms with Crippen molar-refractivity contribution >= 4 is 27.7 Å². The summed E-state index contributed by atoms with van der Waals surface area (Å²) in [4.78, 5) is 21.3. The minimum Gasteiger partial charge on any atom is -0.458 e. The van der Waals surface area contributed by atoms with Crippen molar-refractivity contribution in [3.8, 4) is 11.3 Å². The quantitative estimate of drug-likeness (QED) is 0.434. The third-order valence-corrected chi connectivity index (χ3v) is 4.87. The minimum absolute atomic E-state index is 0.0419. The molecule has 0 aliphatic carbocycles. The average Bonchev–Trinajstić information content (AvgIpc) is 2.71. The summed E-state index contributed by atoms with van der Waals surface area (Å²) in [5.41, 5.74) is 0.0606. The molecule has 0 bridgehead atoms. The van der Waals surface area contributed by atoms with Crippen molar-refractivity contribution in [1.82, 2.24) is 9.97 Å². The van der Waals surface area contributed by atoms with Gasteiger partial charge in [-0.15, -0.1) is 0 Å². The van der Waals surface area contributed by atoms with Crippen LogP contribution in [-0.4, -0.2) is 27.6 Å². The molecule has 168 valence electrons. The number of nitrogens with one attached hydrogen (secondary N) is 1. The molecule has 2 aromatic carbocycles. The van der Waals surface area contributed by atoms with Gasteiger partial charge in [0.15, 0.2) is 17.5 Å². The number of rotatable bonds is 6. The Morgan fingerprint density at radius 1 is 1.12 bits per heavy atom. The first-order valence-electron chi connectivity index (χ1n) is 9.74. The highest BCUT2D eigenvalue weighted by Crippen LogP contribution is 2.27. The number of hydrogen-bond donors (Lipinski definition) is 1. The number of hydrogen-bond acceptors (Lipinski definition) is 5. The van der Waals surface area contributed by atoms with Crippen molar-refractivity contribution in [2.75, 3.05) is 5.32 Å². The molecule has 0 saturated carbocycles. The Balaban J connectivity index is 1.88. The first kappa shape index (κ1) is 23.7. The Morgan fingerprint density at radius 2 is 1.81 bits per heavy atom. The SMILES string of the molecule is CC(C)(C)OC(=O)C(Cc1ccc(F)cc1)Nc1ncc(-c2cccc(F)c2F)nc1Br. The molecule has 32 heavy (non-hydrogen) atoms. The number of benzene rings is 2. The summed E-state index contributed by atoms with van der Waals surface area (Å²) < 4.78 is 46.6. The predicted octanol–water partition coefficient (Wildman–Crippen LogP) is 5.69. The van der Waals surface area contributed by atoms with E-state index < -0.39 is 29.2 Å². The molecular formula is C23H21BrF3N3O2. The van der Waals surface area contributed by atoms with Crippen LogP contribution in [0.2, 0.25) is 0 Å². The average molecular weight is 508 g/mol. The Kier molecular flexibility index (Phi) is 7.18. The maximum absolute atomic E-state index is 14.1. The largest absolute Gasteiger partial charge is 0.458 e. The van der Waals surface area contributed by atoms with Gasteiger partial charge in [-0.25, -0.2) is 27.9 Å². The van der Waals surface area contributed by atoms with Gasteiger partial charge < -0.3 is 10.1 Å². The van der Waals surface area contributed by atoms with Crippen LogP contribution in [0.4, 0.5) is 19.0 Å². The first-order chi connectivity index (χ1) is 15.0. The molecule has 5 nitrogen and oxygen atoms in total. The second-order valence-corrected chi connectivity index (χ2v) is 8.81. The Hall–Kier alpha value is -2.94. The number of anilines is 1. The zero-order valence-electron chi connectivity index (χ0n) is 17.6. The molecule has 0 fully saturated rings. The van der Waals surface area contributed by atoms with Gasteiger partial charge >= 0.3 is 5.97 Å². The third kappa shape index (κ3) is 6.06. The van der Waals surface area contributed by atoms with Crippen LogP contribution in [0, 0.1) is 17.5 Å². The van der Waals surface area contributed by atoms with Crippen LogP contribution >= 0.6 is 15.9 Å². The lowest BCUT2D eigenvalue weighted by atomic mass is 10.1. The van der Waals surface area contributed by atoms with Crippen LogP contribution in [-0.2, 0) is 16.0 Å². The van der Waals surface area contributed by atoms with Gasteiger partial charge in [0.25, 0.3) is 0 Å². The molecule has 1 heterocycles. The molecule has 1 aromatic heterocycles. The van der Waals surface area contributed by atoms with Crippen LogP contribution in [0.15, 0.2) is 53.3 Å². The van der Waals surface area contributed by atoms with E-state index in [1.165, 1.54) is 30.5 Å². The lowest BCUT2D eigenvalue weighted by Crippen LogP contribution is -2.38. The van der Waals surface area contributed by atoms with Crippen molar-refractivity contribution in [3.05, 3.63) is 76.3 Å². The molecule has 0 saturated heterocycles. The topological polar surface area (TPSA) is 64.1 Å². The van der Waals surface area contributed by atoms with Gasteiger partial charge in [0.2, 0.25) is 0 Å². The Morgan fingerprint density at radius 3 is 2.44 bits per heavy atom. The van der Waals surface area contributed by atoms with Gasteiger partial charge in [-0.05, 0) is 66.5 Å². The highest BCUT2D eigenvalue weighted by Gasteiger charge is 2.27. The van der Waals surface area contributed by atoms with Crippen LogP contribution in [0.3, 0.4) is 0 Å². The van der Waals surface area contributed by atoms with Crippen molar-refractivity contribution in [2.45, 2.75) is 38.8 Å². The van der Waals surface area contributed by atoms with E-state index in [1.54, 1.807) is 32.9 Å². The summed E-state index contributed by atoms with van der Waals surface area (Å²) in [7, 11) is 0. The summed E-state index contributed by atoms with van der Waals surface area (Å²) in [6.07, 6.45) is 1.47. The Labute approximate surface area is 192 Å². The molecule has 0 aliphatic rings. The fourth-order valence-corrected chi connectivity index (χ4v) is 3.29. The lowest BCUT2D eigenvalue weighted by Gasteiger charge is -2.25. The zero-order chi connectivity index (χ0) is 23.5. The molecule has 1 N–H and O–H groups in total. The maximum Gasteiger partial charge on any atom is 0.329 e. The summed E-state index contributed by atoms with van der Waals surface area (Å²) in [5, 5.41) is 2.98. The van der Waals surface area contributed by atoms with Crippen LogP contribution in [0.1, 0.15) is 26.3 Å². The Bertz CT molecular complexity index is 1120. The normalized spacial score (nSPS) is 12.3. The van der Waals surface area contributed by atoms with Gasteiger partial charge in [0.05, 0.1) is 11.9 Å². The molecule has 1 unspecified atom stereocenters. The van der Waals surface area contributed by atoms with E-state index in [2.05, 4.69) is 31.2 Å². The monoisotopic (exact) mass is 507 g/mol. The lowest BCUT2D eigenvalue weighted by molar-refractivity contribution is -0.155. The molecule has 0 aliphatic heterocycles. The fourth-order valence-electron chi connectivity index (χ4n) is 2.88. The number of ether oxygens (including phenoxy) is 1. The van der Waals surface area contributed by atoms with Crippen molar-refractivity contribution in [3.63, 3.8) is 0 Å². The van der Waals surface area contributed by atoms with E-state index >= 15 is 0 Å². The second-order valence-electron chi connectivity index (χ2n) is 8.06. The van der Waals surface area contributed by atoms with Gasteiger partial charge in [-0.3, -0.25) is 0 Å². The highest BCUT2D eigenvalue weighted by molar-refractivity contribution is 9.10. The zero-order valence-corrected chi connectivity index (χ0v) is 19.2. The van der Waals surface area contributed by atoms with E-state index in [0.29, 0.717) is 5.56 Å². The standard InChI is InChI=1S/C23H21BrF3N3O2/c1-23(2,3)32-22(31)17(11-13-7-9-14(25)10-8-13)30-21-20(24)29-18(12-28-21)15-5-4-6-16(26)19(15)27/h4-10,12,17H,11H2,1-3H3,(H,28,30). The first-order valence-corrected chi connectivity index (χ1v) is 10.5. The molecule has 1 atom stereocenters. The number of carbonyl (C=O) groups excluding carboxylic acids is 1. The number of nitrogens with zero attached hydrogens (tertiary/aromatic N) is 2. The number of aromatic nitrogens is 2. The second kappa shape index (κ2) is 9.68. The number of carbonyl (C=O) groups is 1. The van der Waals surface area contributed by atoms with Crippen LogP contribution < -0.4 is 5.32 Å². The van der Waals surface area contributed by atoms with Gasteiger partial charge in [0.1, 0.15) is 22.1 Å². The summed E-state index contributed by atoms with van der Waals surface area (Å²) >= 11 is 3.27. The van der Waals surface area contributed by atoms with Crippen molar-refractivity contribution in [2.24, 2.45) is 0 Å². The summed E-state index contributed by atoms with van der Waals surface area (Å²) in [5.74, 6) is -2.73. The maximum atomic E-state index is 14.1. The van der Waals surface area contributed by atoms with E-state index in [4.69, 9.17) is 4.74 Å². The molecule has 3 aromatic rings. The van der Waals surface area contributed by atoms with E-state index in [0.717, 1.165) is 6.07 Å². The third-order valence-electron chi connectivity index (χ3n) is 4.31. The van der Waals surface area contributed by atoms with Crippen LogP contribution in [0.25, 0.3) is 11.3 Å². The smallest absolute Gasteiger partial charge is 0.329 e. The molecule has 3 rings (SSSR count). The van der Waals surface area contributed by atoms with E-state index in [-0.39, 0.29) is 33.9 Å². The van der Waals surface area contributed by atoms with Gasteiger partial charge in [-0.1, -0.05) is 18.2 Å². The van der Waals surface area contributed by atoms with Crippen molar-refractivity contribution < 1.29 is 22.7 Å².